The monoisotopic (exact) mass is 436 g/mol. The van der Waals surface area contributed by atoms with Crippen molar-refractivity contribution in [2.75, 3.05) is 0 Å². The number of H-pyrrole nitrogens is 2. The van der Waals surface area contributed by atoms with Crippen molar-refractivity contribution in [3.63, 3.8) is 0 Å². The van der Waals surface area contributed by atoms with Gasteiger partial charge < -0.3 is 9.97 Å². The number of aryl methyl sites for hydroxylation is 3. The van der Waals surface area contributed by atoms with Gasteiger partial charge in [-0.2, -0.15) is 0 Å². The SMILES string of the molecule is C=Cc1c(C)c2cc3nc(c(C)c4cc(C)c(cc5nc(cc1[nH]2)C(C)=C5CC)[nH]4)C[C@@H]3C. The molecule has 5 rings (SSSR count). The van der Waals surface area contributed by atoms with Gasteiger partial charge in [-0.05, 0) is 92.6 Å². The normalized spacial score (nSPS) is 15.9. The molecule has 1 atom stereocenters. The topological polar surface area (TPSA) is 57.4 Å². The van der Waals surface area contributed by atoms with Gasteiger partial charge in [0.1, 0.15) is 0 Å². The van der Waals surface area contributed by atoms with Crippen LogP contribution in [0.25, 0.3) is 39.3 Å². The highest BCUT2D eigenvalue weighted by molar-refractivity contribution is 5.93. The molecule has 0 aliphatic carbocycles. The summed E-state index contributed by atoms with van der Waals surface area (Å²) in [5.74, 6) is 0.378. The molecular weight excluding hydrogens is 404 g/mol. The zero-order valence-electron chi connectivity index (χ0n) is 20.5. The molecule has 0 saturated heterocycles. The largest absolute Gasteiger partial charge is 0.355 e. The second-order valence-corrected chi connectivity index (χ2v) is 9.46. The summed E-state index contributed by atoms with van der Waals surface area (Å²) in [6.07, 6.45) is 3.84. The standard InChI is InChI=1S/C29H32N4/c1-8-20-18(6)27-14-29-21(9-2)17(5)26(32-29)12-22-15(3)10-24(30-22)19(7)25-11-16(4)23(31-25)13-28(20)33-27/h9,11-15,31-32H,2,8,10H2,1,3-7H3/t15-/m0/s1. The van der Waals surface area contributed by atoms with E-state index in [2.05, 4.69) is 82.4 Å². The van der Waals surface area contributed by atoms with Crippen molar-refractivity contribution in [1.82, 2.24) is 19.9 Å². The average Bonchev–Trinajstić information content (AvgIpc) is 3.49. The minimum absolute atomic E-state index is 0.378. The third kappa shape index (κ3) is 3.45. The van der Waals surface area contributed by atoms with Crippen LogP contribution >= 0.6 is 0 Å². The molecule has 4 nitrogen and oxygen atoms in total. The van der Waals surface area contributed by atoms with E-state index in [-0.39, 0.29) is 0 Å². The molecule has 0 aromatic carbocycles. The fourth-order valence-corrected chi connectivity index (χ4v) is 5.13. The highest BCUT2D eigenvalue weighted by Crippen LogP contribution is 2.34. The summed E-state index contributed by atoms with van der Waals surface area (Å²) in [4.78, 5) is 17.4. The Kier molecular flexibility index (Phi) is 5.12. The summed E-state index contributed by atoms with van der Waals surface area (Å²) in [6, 6.07) is 8.82. The number of rotatable bonds is 2. The van der Waals surface area contributed by atoms with E-state index in [0.29, 0.717) is 5.92 Å². The summed E-state index contributed by atoms with van der Waals surface area (Å²) in [7, 11) is 0. The smallest absolute Gasteiger partial charge is 0.0693 e. The van der Waals surface area contributed by atoms with Crippen molar-refractivity contribution >= 4 is 39.3 Å². The number of allylic oxidation sites excluding steroid dienone is 2. The van der Waals surface area contributed by atoms with Gasteiger partial charge in [0.25, 0.3) is 0 Å². The van der Waals surface area contributed by atoms with Gasteiger partial charge in [0.15, 0.2) is 0 Å². The van der Waals surface area contributed by atoms with Crippen LogP contribution in [0.1, 0.15) is 78.1 Å². The zero-order valence-corrected chi connectivity index (χ0v) is 20.5. The van der Waals surface area contributed by atoms with Crippen molar-refractivity contribution in [1.29, 1.82) is 0 Å². The lowest BCUT2D eigenvalue weighted by Crippen LogP contribution is -1.90. The number of aromatic amines is 2. The van der Waals surface area contributed by atoms with Crippen LogP contribution in [-0.2, 0) is 6.42 Å². The molecule has 0 amide bonds. The third-order valence-corrected chi connectivity index (χ3v) is 7.33. The number of aromatic nitrogens is 4. The van der Waals surface area contributed by atoms with E-state index < -0.39 is 0 Å². The molecule has 5 heterocycles. The summed E-state index contributed by atoms with van der Waals surface area (Å²) in [5.41, 5.74) is 16.0. The highest BCUT2D eigenvalue weighted by atomic mass is 14.8. The number of nitrogens with one attached hydrogen (secondary N) is 2. The molecule has 3 aromatic heterocycles. The molecule has 2 aliphatic rings. The van der Waals surface area contributed by atoms with Gasteiger partial charge in [0.05, 0.1) is 11.4 Å². The summed E-state index contributed by atoms with van der Waals surface area (Å²) in [5, 5.41) is 0. The van der Waals surface area contributed by atoms with E-state index in [1.807, 2.05) is 6.08 Å². The Morgan fingerprint density at radius 1 is 0.909 bits per heavy atom. The maximum absolute atomic E-state index is 5.07. The van der Waals surface area contributed by atoms with Crippen LogP contribution in [0, 0.1) is 20.8 Å². The molecule has 2 N–H and O–H groups in total. The van der Waals surface area contributed by atoms with E-state index >= 15 is 0 Å². The Morgan fingerprint density at radius 3 is 2.33 bits per heavy atom. The Hall–Kier alpha value is -3.40. The Morgan fingerprint density at radius 2 is 1.61 bits per heavy atom. The molecular formula is C29H32N4. The first-order chi connectivity index (χ1) is 15.8. The van der Waals surface area contributed by atoms with Crippen LogP contribution in [0.5, 0.6) is 0 Å². The fraction of sp³-hybridized carbons (Fsp3) is 0.310. The molecule has 0 fully saturated rings. The van der Waals surface area contributed by atoms with Crippen LogP contribution < -0.4 is 0 Å². The predicted octanol–water partition coefficient (Wildman–Crippen LogP) is 7.57. The lowest BCUT2D eigenvalue weighted by molar-refractivity contribution is 0.794. The van der Waals surface area contributed by atoms with Gasteiger partial charge in [-0.15, -0.1) is 0 Å². The van der Waals surface area contributed by atoms with E-state index in [1.54, 1.807) is 0 Å². The summed E-state index contributed by atoms with van der Waals surface area (Å²) in [6.45, 7) is 17.2. The quantitative estimate of drug-likeness (QED) is 0.435. The molecule has 168 valence electrons. The second-order valence-electron chi connectivity index (χ2n) is 9.46. The summed E-state index contributed by atoms with van der Waals surface area (Å²) < 4.78 is 0. The molecule has 2 aliphatic heterocycles. The van der Waals surface area contributed by atoms with Crippen molar-refractivity contribution < 1.29 is 0 Å². The van der Waals surface area contributed by atoms with Gasteiger partial charge in [0.2, 0.25) is 0 Å². The molecule has 0 saturated carbocycles. The molecule has 0 unspecified atom stereocenters. The van der Waals surface area contributed by atoms with E-state index in [1.165, 1.54) is 27.8 Å². The number of nitrogens with zero attached hydrogens (tertiary/aromatic N) is 2. The van der Waals surface area contributed by atoms with Crippen LogP contribution in [-0.4, -0.2) is 19.9 Å². The molecule has 33 heavy (non-hydrogen) atoms. The Bertz CT molecular complexity index is 1490. The van der Waals surface area contributed by atoms with Crippen molar-refractivity contribution in [3.8, 4) is 0 Å². The van der Waals surface area contributed by atoms with Gasteiger partial charge in [0, 0.05) is 44.9 Å². The first kappa shape index (κ1) is 21.4. The lowest BCUT2D eigenvalue weighted by Gasteiger charge is -2.00. The van der Waals surface area contributed by atoms with Crippen molar-refractivity contribution in [3.05, 3.63) is 75.9 Å². The minimum Gasteiger partial charge on any atom is -0.355 e. The number of fused-ring (bicyclic) bond motifs is 8. The van der Waals surface area contributed by atoms with Crippen molar-refractivity contribution in [2.24, 2.45) is 0 Å². The van der Waals surface area contributed by atoms with Crippen LogP contribution in [0.4, 0.5) is 0 Å². The predicted molar refractivity (Wildman–Crippen MR) is 140 cm³/mol. The number of hydrogen-bond acceptors (Lipinski definition) is 2. The van der Waals surface area contributed by atoms with E-state index in [4.69, 9.17) is 9.97 Å². The van der Waals surface area contributed by atoms with Crippen LogP contribution in [0.2, 0.25) is 0 Å². The first-order valence-electron chi connectivity index (χ1n) is 11.8. The Balaban J connectivity index is 1.98. The van der Waals surface area contributed by atoms with Crippen LogP contribution in [0.3, 0.4) is 0 Å². The fourth-order valence-electron chi connectivity index (χ4n) is 5.13. The highest BCUT2D eigenvalue weighted by Gasteiger charge is 2.20. The van der Waals surface area contributed by atoms with Gasteiger partial charge >= 0.3 is 0 Å². The molecule has 0 radical (unpaired) electrons. The molecule has 3 aromatic rings. The molecule has 4 heteroatoms. The van der Waals surface area contributed by atoms with E-state index in [0.717, 1.165) is 63.2 Å². The first-order valence-corrected chi connectivity index (χ1v) is 11.8. The number of hydrogen-bond donors (Lipinski definition) is 2. The molecule has 8 bridgehead atoms. The minimum atomic E-state index is 0.378. The van der Waals surface area contributed by atoms with E-state index in [9.17, 15) is 0 Å². The maximum Gasteiger partial charge on any atom is 0.0693 e. The average molecular weight is 437 g/mol. The Labute approximate surface area is 195 Å². The third-order valence-electron chi connectivity index (χ3n) is 7.33. The van der Waals surface area contributed by atoms with Gasteiger partial charge in [-0.25, -0.2) is 4.98 Å². The summed E-state index contributed by atoms with van der Waals surface area (Å²) >= 11 is 0. The second kappa shape index (κ2) is 7.87. The molecule has 0 spiro atoms. The lowest BCUT2D eigenvalue weighted by atomic mass is 10.0. The maximum atomic E-state index is 5.07. The zero-order chi connectivity index (χ0) is 23.4. The van der Waals surface area contributed by atoms with Crippen LogP contribution in [0.15, 0.2) is 30.8 Å². The van der Waals surface area contributed by atoms with Gasteiger partial charge in [-0.3, -0.25) is 4.98 Å². The van der Waals surface area contributed by atoms with Gasteiger partial charge in [-0.1, -0.05) is 26.5 Å². The van der Waals surface area contributed by atoms with Crippen molar-refractivity contribution in [2.45, 2.75) is 60.3 Å².